The molecule has 0 bridgehead atoms. The van der Waals surface area contributed by atoms with E-state index in [-0.39, 0.29) is 11.9 Å². The molecule has 2 fully saturated rings. The van der Waals surface area contributed by atoms with Crippen LogP contribution in [0.25, 0.3) is 0 Å². The number of nitrogens with one attached hydrogen (secondary N) is 2. The van der Waals surface area contributed by atoms with Crippen LogP contribution >= 0.6 is 0 Å². The Balaban J connectivity index is 1.66. The molecule has 1 aliphatic heterocycles. The predicted octanol–water partition coefficient (Wildman–Crippen LogP) is 0.975. The average Bonchev–Trinajstić information content (AvgIpc) is 3.20. The molecule has 1 saturated heterocycles. The zero-order valence-electron chi connectivity index (χ0n) is 11.7. The Bertz CT molecular complexity index is 270. The van der Waals surface area contributed by atoms with Gasteiger partial charge < -0.3 is 10.6 Å². The van der Waals surface area contributed by atoms with Gasteiger partial charge in [0.15, 0.2) is 0 Å². The summed E-state index contributed by atoms with van der Waals surface area (Å²) in [4.78, 5) is 14.1. The van der Waals surface area contributed by atoms with Gasteiger partial charge >= 0.3 is 0 Å². The highest BCUT2D eigenvalue weighted by molar-refractivity contribution is 5.81. The molecular weight excluding hydrogens is 226 g/mol. The molecule has 1 saturated carbocycles. The summed E-state index contributed by atoms with van der Waals surface area (Å²) < 4.78 is 0. The summed E-state index contributed by atoms with van der Waals surface area (Å²) in [5.74, 6) is 0.982. The Morgan fingerprint density at radius 2 is 1.94 bits per heavy atom. The monoisotopic (exact) mass is 253 g/mol. The molecule has 4 heteroatoms. The van der Waals surface area contributed by atoms with Crippen LogP contribution in [0.5, 0.6) is 0 Å². The maximum atomic E-state index is 11.8. The molecule has 2 N–H and O–H groups in total. The maximum Gasteiger partial charge on any atom is 0.237 e. The lowest BCUT2D eigenvalue weighted by Gasteiger charge is -2.35. The predicted molar refractivity (Wildman–Crippen MR) is 73.5 cm³/mol. The number of carbonyl (C=O) groups excluding carboxylic acids is 1. The molecule has 0 radical (unpaired) electrons. The minimum Gasteiger partial charge on any atom is -0.355 e. The van der Waals surface area contributed by atoms with Crippen molar-refractivity contribution in [3.63, 3.8) is 0 Å². The molecule has 1 amide bonds. The Morgan fingerprint density at radius 1 is 1.28 bits per heavy atom. The van der Waals surface area contributed by atoms with Crippen LogP contribution in [0.4, 0.5) is 0 Å². The SMILES string of the molecule is CCNC(=O)C(C)N1CCC(CNC2CC2)CC1. The molecule has 1 aliphatic carbocycles. The summed E-state index contributed by atoms with van der Waals surface area (Å²) in [7, 11) is 0. The Kier molecular flexibility index (Phi) is 5.01. The summed E-state index contributed by atoms with van der Waals surface area (Å²) in [6, 6.07) is 0.847. The third kappa shape index (κ3) is 3.95. The van der Waals surface area contributed by atoms with Crippen molar-refractivity contribution in [2.24, 2.45) is 5.92 Å². The fourth-order valence-electron chi connectivity index (χ4n) is 2.65. The number of nitrogens with zero attached hydrogens (tertiary/aromatic N) is 1. The molecule has 0 aromatic carbocycles. The Labute approximate surface area is 110 Å². The second-order valence-electron chi connectivity index (χ2n) is 5.73. The smallest absolute Gasteiger partial charge is 0.237 e. The highest BCUT2D eigenvalue weighted by Crippen LogP contribution is 2.22. The van der Waals surface area contributed by atoms with Crippen molar-refractivity contribution >= 4 is 5.91 Å². The Hall–Kier alpha value is -0.610. The Morgan fingerprint density at radius 3 is 2.50 bits per heavy atom. The first kappa shape index (κ1) is 13.8. The number of amides is 1. The van der Waals surface area contributed by atoms with Gasteiger partial charge in [0.1, 0.15) is 0 Å². The van der Waals surface area contributed by atoms with E-state index >= 15 is 0 Å². The number of likely N-dealkylation sites (N-methyl/N-ethyl adjacent to an activating group) is 1. The van der Waals surface area contributed by atoms with E-state index < -0.39 is 0 Å². The average molecular weight is 253 g/mol. The zero-order valence-corrected chi connectivity index (χ0v) is 11.7. The lowest BCUT2D eigenvalue weighted by atomic mass is 9.95. The molecule has 1 unspecified atom stereocenters. The standard InChI is InChI=1S/C14H27N3O/c1-3-15-14(18)11(2)17-8-6-12(7-9-17)10-16-13-4-5-13/h11-13,16H,3-10H2,1-2H3,(H,15,18). The summed E-state index contributed by atoms with van der Waals surface area (Å²) in [6.07, 6.45) is 5.19. The molecule has 1 atom stereocenters. The molecule has 0 aromatic rings. The van der Waals surface area contributed by atoms with Crippen LogP contribution in [-0.4, -0.2) is 49.1 Å². The van der Waals surface area contributed by atoms with Crippen molar-refractivity contribution in [3.8, 4) is 0 Å². The molecule has 0 aromatic heterocycles. The van der Waals surface area contributed by atoms with Crippen LogP contribution < -0.4 is 10.6 Å². The van der Waals surface area contributed by atoms with Gasteiger partial charge in [0.05, 0.1) is 6.04 Å². The van der Waals surface area contributed by atoms with E-state index in [9.17, 15) is 4.79 Å². The highest BCUT2D eigenvalue weighted by Gasteiger charge is 2.27. The van der Waals surface area contributed by atoms with Crippen molar-refractivity contribution in [3.05, 3.63) is 0 Å². The minimum atomic E-state index is 0.0299. The van der Waals surface area contributed by atoms with Crippen molar-refractivity contribution in [2.45, 2.75) is 51.6 Å². The topological polar surface area (TPSA) is 44.4 Å². The first-order valence-electron chi connectivity index (χ1n) is 7.45. The number of piperidine rings is 1. The fraction of sp³-hybridized carbons (Fsp3) is 0.929. The van der Waals surface area contributed by atoms with E-state index in [1.54, 1.807) is 0 Å². The molecule has 1 heterocycles. The highest BCUT2D eigenvalue weighted by atomic mass is 16.2. The number of hydrogen-bond acceptors (Lipinski definition) is 3. The lowest BCUT2D eigenvalue weighted by Crippen LogP contribution is -2.49. The van der Waals surface area contributed by atoms with Gasteiger partial charge in [-0.3, -0.25) is 9.69 Å². The quantitative estimate of drug-likeness (QED) is 0.741. The van der Waals surface area contributed by atoms with E-state index in [1.807, 2.05) is 13.8 Å². The van der Waals surface area contributed by atoms with Gasteiger partial charge in [-0.15, -0.1) is 0 Å². The van der Waals surface area contributed by atoms with Crippen LogP contribution in [0, 0.1) is 5.92 Å². The maximum absolute atomic E-state index is 11.8. The van der Waals surface area contributed by atoms with Crippen LogP contribution in [0.1, 0.15) is 39.5 Å². The third-order valence-corrected chi connectivity index (χ3v) is 4.20. The minimum absolute atomic E-state index is 0.0299. The number of hydrogen-bond donors (Lipinski definition) is 2. The van der Waals surface area contributed by atoms with E-state index in [4.69, 9.17) is 0 Å². The van der Waals surface area contributed by atoms with E-state index in [0.29, 0.717) is 0 Å². The molecule has 2 aliphatic rings. The molecule has 104 valence electrons. The zero-order chi connectivity index (χ0) is 13.0. The summed E-state index contributed by atoms with van der Waals surface area (Å²) in [5.41, 5.74) is 0. The second-order valence-corrected chi connectivity index (χ2v) is 5.73. The van der Waals surface area contributed by atoms with Gasteiger partial charge in [-0.2, -0.15) is 0 Å². The summed E-state index contributed by atoms with van der Waals surface area (Å²) in [5, 5.41) is 6.52. The molecule has 18 heavy (non-hydrogen) atoms. The molecule has 4 nitrogen and oxygen atoms in total. The van der Waals surface area contributed by atoms with Crippen LogP contribution in [0.15, 0.2) is 0 Å². The van der Waals surface area contributed by atoms with Gasteiger partial charge in [0.2, 0.25) is 5.91 Å². The lowest BCUT2D eigenvalue weighted by molar-refractivity contribution is -0.126. The van der Waals surface area contributed by atoms with E-state index in [2.05, 4.69) is 15.5 Å². The van der Waals surface area contributed by atoms with Gasteiger partial charge in [0, 0.05) is 12.6 Å². The van der Waals surface area contributed by atoms with Gasteiger partial charge in [0.25, 0.3) is 0 Å². The normalized spacial score (nSPS) is 23.9. The summed E-state index contributed by atoms with van der Waals surface area (Å²) >= 11 is 0. The number of carbonyl (C=O) groups is 1. The van der Waals surface area contributed by atoms with Crippen LogP contribution in [0.2, 0.25) is 0 Å². The van der Waals surface area contributed by atoms with Crippen molar-refractivity contribution in [1.82, 2.24) is 15.5 Å². The number of likely N-dealkylation sites (tertiary alicyclic amines) is 1. The van der Waals surface area contributed by atoms with Gasteiger partial charge in [-0.25, -0.2) is 0 Å². The first-order chi connectivity index (χ1) is 8.70. The summed E-state index contributed by atoms with van der Waals surface area (Å²) in [6.45, 7) is 8.03. The van der Waals surface area contributed by atoms with Gasteiger partial charge in [-0.1, -0.05) is 0 Å². The van der Waals surface area contributed by atoms with E-state index in [1.165, 1.54) is 32.2 Å². The van der Waals surface area contributed by atoms with Crippen LogP contribution in [0.3, 0.4) is 0 Å². The fourth-order valence-corrected chi connectivity index (χ4v) is 2.65. The second kappa shape index (κ2) is 6.53. The van der Waals surface area contributed by atoms with Crippen molar-refractivity contribution in [2.75, 3.05) is 26.2 Å². The van der Waals surface area contributed by atoms with Crippen LogP contribution in [-0.2, 0) is 4.79 Å². The third-order valence-electron chi connectivity index (χ3n) is 4.20. The molecule has 2 rings (SSSR count). The van der Waals surface area contributed by atoms with Crippen molar-refractivity contribution < 1.29 is 4.79 Å². The molecule has 0 spiro atoms. The molecular formula is C14H27N3O. The van der Waals surface area contributed by atoms with Crippen molar-refractivity contribution in [1.29, 1.82) is 0 Å². The number of rotatable bonds is 6. The van der Waals surface area contributed by atoms with Gasteiger partial charge in [-0.05, 0) is 65.1 Å². The largest absolute Gasteiger partial charge is 0.355 e. The van der Waals surface area contributed by atoms with E-state index in [0.717, 1.165) is 31.6 Å². The first-order valence-corrected chi connectivity index (χ1v) is 7.45.